The molecule has 0 bridgehead atoms. The molecule has 2 amide bonds. The third kappa shape index (κ3) is 8.92. The van der Waals surface area contributed by atoms with Gasteiger partial charge in [-0.1, -0.05) is 74.5 Å². The van der Waals surface area contributed by atoms with Crippen molar-refractivity contribution >= 4 is 23.6 Å². The summed E-state index contributed by atoms with van der Waals surface area (Å²) in [5.41, 5.74) is 1.81. The molecule has 9 heteroatoms. The lowest BCUT2D eigenvalue weighted by molar-refractivity contribution is -0.151. The van der Waals surface area contributed by atoms with Crippen molar-refractivity contribution in [3.63, 3.8) is 0 Å². The van der Waals surface area contributed by atoms with Crippen molar-refractivity contribution in [3.05, 3.63) is 71.8 Å². The highest BCUT2D eigenvalue weighted by atomic mass is 19.3. The van der Waals surface area contributed by atoms with Gasteiger partial charge >= 0.3 is 5.97 Å². The van der Waals surface area contributed by atoms with Gasteiger partial charge in [-0.3, -0.25) is 14.4 Å². The molecular weight excluding hydrogens is 458 g/mol. The highest BCUT2D eigenvalue weighted by Gasteiger charge is 2.32. The van der Waals surface area contributed by atoms with E-state index in [9.17, 15) is 28.0 Å². The lowest BCUT2D eigenvalue weighted by Crippen LogP contribution is -2.53. The Kier molecular flexibility index (Phi) is 10.5. The number of Topliss-reactive ketones (excluding diaryl/α,β-unsaturated/α-hetero) is 1. The fourth-order valence-electron chi connectivity index (χ4n) is 3.77. The van der Waals surface area contributed by atoms with Gasteiger partial charge in [0.25, 0.3) is 5.78 Å². The summed E-state index contributed by atoms with van der Waals surface area (Å²) in [7, 11) is 0. The topological polar surface area (TPSA) is 113 Å². The summed E-state index contributed by atoms with van der Waals surface area (Å²) in [6.45, 7) is 3.62. The number of halogens is 2. The molecule has 2 rings (SSSR count). The molecule has 3 N–H and O–H groups in total. The van der Waals surface area contributed by atoms with E-state index in [-0.39, 0.29) is 24.7 Å². The number of carbonyl (C=O) groups excluding carboxylic acids is 3. The fourth-order valence-corrected chi connectivity index (χ4v) is 3.77. The van der Waals surface area contributed by atoms with Crippen LogP contribution < -0.4 is 10.6 Å². The van der Waals surface area contributed by atoms with Crippen LogP contribution in [0.5, 0.6) is 0 Å². The first kappa shape index (κ1) is 27.6. The number of nitrogens with one attached hydrogen (secondary N) is 2. The Morgan fingerprint density at radius 1 is 0.800 bits per heavy atom. The summed E-state index contributed by atoms with van der Waals surface area (Å²) in [6.07, 6.45) is -3.95. The molecule has 2 aromatic rings. The predicted octanol–water partition coefficient (Wildman–Crippen LogP) is 3.53. The van der Waals surface area contributed by atoms with Crippen LogP contribution in [0.25, 0.3) is 0 Å². The largest absolute Gasteiger partial charge is 0.475 e. The van der Waals surface area contributed by atoms with E-state index in [4.69, 9.17) is 5.11 Å². The third-order valence-corrected chi connectivity index (χ3v) is 5.41. The van der Waals surface area contributed by atoms with Gasteiger partial charge in [0.2, 0.25) is 18.2 Å². The lowest BCUT2D eigenvalue weighted by Gasteiger charge is -2.24. The number of rotatable bonds is 13. The number of ketones is 1. The van der Waals surface area contributed by atoms with E-state index in [1.807, 2.05) is 74.5 Å². The summed E-state index contributed by atoms with van der Waals surface area (Å²) < 4.78 is 25.8. The van der Waals surface area contributed by atoms with Gasteiger partial charge in [-0.15, -0.1) is 0 Å². The standard InChI is InChI=1S/C26H30F2N2O5/c1-16(2)13-21(25(33)30-20(15-22(27)28)24(32)26(34)35)29-23(31)14-19(17-9-5-3-6-10-17)18-11-7-4-8-12-18/h3-12,16,19-22H,13-15H2,1-2H3,(H,29,31)(H,30,33)(H,34,35)/t20-,21-/m0/s1. The normalized spacial score (nSPS) is 12.9. The number of amides is 2. The Morgan fingerprint density at radius 3 is 1.74 bits per heavy atom. The number of carboxylic acid groups (broad SMARTS) is 1. The molecule has 2 aromatic carbocycles. The quantitative estimate of drug-likeness (QED) is 0.374. The van der Waals surface area contributed by atoms with Crippen molar-refractivity contribution < 1.29 is 33.1 Å². The van der Waals surface area contributed by atoms with Crippen LogP contribution in [0, 0.1) is 5.92 Å². The summed E-state index contributed by atoms with van der Waals surface area (Å²) in [4.78, 5) is 48.7. The van der Waals surface area contributed by atoms with Crippen molar-refractivity contribution in [1.82, 2.24) is 10.6 Å². The molecule has 0 aliphatic heterocycles. The van der Waals surface area contributed by atoms with Crippen molar-refractivity contribution in [2.75, 3.05) is 0 Å². The highest BCUT2D eigenvalue weighted by molar-refractivity contribution is 6.35. The smallest absolute Gasteiger partial charge is 0.374 e. The van der Waals surface area contributed by atoms with Crippen molar-refractivity contribution in [2.24, 2.45) is 5.92 Å². The molecule has 7 nitrogen and oxygen atoms in total. The maximum Gasteiger partial charge on any atom is 0.374 e. The number of hydrogen-bond acceptors (Lipinski definition) is 4. The number of hydrogen-bond donors (Lipinski definition) is 3. The number of aliphatic carboxylic acids is 1. The number of benzene rings is 2. The van der Waals surface area contributed by atoms with Gasteiger partial charge in [0.05, 0.1) is 0 Å². The molecule has 0 aliphatic carbocycles. The minimum absolute atomic E-state index is 0.0183. The number of carbonyl (C=O) groups is 4. The van der Waals surface area contributed by atoms with E-state index in [2.05, 4.69) is 10.6 Å². The van der Waals surface area contributed by atoms with Crippen LogP contribution in [0.3, 0.4) is 0 Å². The zero-order chi connectivity index (χ0) is 26.0. The van der Waals surface area contributed by atoms with E-state index in [1.165, 1.54) is 0 Å². The molecule has 0 unspecified atom stereocenters. The minimum atomic E-state index is -3.00. The maximum atomic E-state index is 13.0. The lowest BCUT2D eigenvalue weighted by atomic mass is 9.88. The van der Waals surface area contributed by atoms with Crippen LogP contribution in [-0.4, -0.2) is 47.2 Å². The molecule has 0 heterocycles. The molecule has 188 valence electrons. The highest BCUT2D eigenvalue weighted by Crippen LogP contribution is 2.28. The molecular formula is C26H30F2N2O5. The molecule has 0 saturated carbocycles. The average molecular weight is 489 g/mol. The Hall–Kier alpha value is -3.62. The fraction of sp³-hybridized carbons (Fsp3) is 0.385. The van der Waals surface area contributed by atoms with Crippen molar-refractivity contribution in [1.29, 1.82) is 0 Å². The summed E-state index contributed by atoms with van der Waals surface area (Å²) in [6, 6.07) is 15.7. The van der Waals surface area contributed by atoms with Gasteiger partial charge in [0, 0.05) is 18.8 Å². The van der Waals surface area contributed by atoms with Crippen molar-refractivity contribution in [3.8, 4) is 0 Å². The Balaban J connectivity index is 2.20. The van der Waals surface area contributed by atoms with Gasteiger partial charge in [0.1, 0.15) is 12.1 Å². The summed E-state index contributed by atoms with van der Waals surface area (Å²) in [5.74, 6) is -5.15. The van der Waals surface area contributed by atoms with Gasteiger partial charge in [-0.25, -0.2) is 13.6 Å². The second kappa shape index (κ2) is 13.3. The molecule has 0 spiro atoms. The Bertz CT molecular complexity index is 960. The second-order valence-electron chi connectivity index (χ2n) is 8.69. The number of alkyl halides is 2. The second-order valence-corrected chi connectivity index (χ2v) is 8.69. The van der Waals surface area contributed by atoms with E-state index in [0.717, 1.165) is 11.1 Å². The van der Waals surface area contributed by atoms with Crippen LogP contribution in [0.2, 0.25) is 0 Å². The van der Waals surface area contributed by atoms with Crippen LogP contribution in [-0.2, 0) is 19.2 Å². The van der Waals surface area contributed by atoms with Crippen LogP contribution in [0.1, 0.15) is 50.2 Å². The average Bonchev–Trinajstić information content (AvgIpc) is 2.81. The minimum Gasteiger partial charge on any atom is -0.475 e. The third-order valence-electron chi connectivity index (χ3n) is 5.41. The van der Waals surface area contributed by atoms with Gasteiger partial charge < -0.3 is 15.7 Å². The molecule has 0 fully saturated rings. The summed E-state index contributed by atoms with van der Waals surface area (Å²) in [5, 5.41) is 13.6. The van der Waals surface area contributed by atoms with Gasteiger partial charge in [-0.05, 0) is 23.5 Å². The molecule has 0 radical (unpaired) electrons. The van der Waals surface area contributed by atoms with E-state index < -0.39 is 48.5 Å². The van der Waals surface area contributed by atoms with Crippen molar-refractivity contribution in [2.45, 2.75) is 57.5 Å². The molecule has 0 aromatic heterocycles. The zero-order valence-corrected chi connectivity index (χ0v) is 19.6. The first-order chi connectivity index (χ1) is 16.6. The van der Waals surface area contributed by atoms with E-state index in [1.54, 1.807) is 0 Å². The van der Waals surface area contributed by atoms with Crippen LogP contribution >= 0.6 is 0 Å². The van der Waals surface area contributed by atoms with E-state index >= 15 is 0 Å². The maximum absolute atomic E-state index is 13.0. The Labute approximate surface area is 202 Å². The molecule has 2 atom stereocenters. The van der Waals surface area contributed by atoms with E-state index in [0.29, 0.717) is 0 Å². The van der Waals surface area contributed by atoms with Gasteiger partial charge in [-0.2, -0.15) is 0 Å². The zero-order valence-electron chi connectivity index (χ0n) is 19.6. The number of carboxylic acids is 1. The van der Waals surface area contributed by atoms with Crippen LogP contribution in [0.4, 0.5) is 8.78 Å². The summed E-state index contributed by atoms with van der Waals surface area (Å²) >= 11 is 0. The predicted molar refractivity (Wildman–Crippen MR) is 126 cm³/mol. The molecule has 0 aliphatic rings. The molecule has 0 saturated heterocycles. The Morgan fingerprint density at radius 2 is 1.31 bits per heavy atom. The van der Waals surface area contributed by atoms with Crippen LogP contribution in [0.15, 0.2) is 60.7 Å². The first-order valence-corrected chi connectivity index (χ1v) is 11.3. The SMILES string of the molecule is CC(C)C[C@H](NC(=O)CC(c1ccccc1)c1ccccc1)C(=O)N[C@@H](CC(F)F)C(=O)C(=O)O. The molecule has 35 heavy (non-hydrogen) atoms. The monoisotopic (exact) mass is 488 g/mol. The first-order valence-electron chi connectivity index (χ1n) is 11.3. The van der Waals surface area contributed by atoms with Gasteiger partial charge in [0.15, 0.2) is 0 Å².